The van der Waals surface area contributed by atoms with Crippen LogP contribution in [0.2, 0.25) is 0 Å². The van der Waals surface area contributed by atoms with E-state index in [0.29, 0.717) is 0 Å². The molecule has 1 heterocycles. The summed E-state index contributed by atoms with van der Waals surface area (Å²) in [6.07, 6.45) is 1.48. The first kappa shape index (κ1) is 9.28. The largest absolute Gasteiger partial charge is 0.402 e. The van der Waals surface area contributed by atoms with Gasteiger partial charge in [0.15, 0.2) is 0 Å². The Balaban J connectivity index is 2.85. The molecule has 0 bridgehead atoms. The average Bonchev–Trinajstić information content (AvgIpc) is 1.91. The van der Waals surface area contributed by atoms with Gasteiger partial charge in [-0.2, -0.15) is 8.42 Å². The molecule has 66 valence electrons. The third-order valence-electron chi connectivity index (χ3n) is 1.07. The van der Waals surface area contributed by atoms with Crippen LogP contribution in [0.1, 0.15) is 5.56 Å². The Labute approximate surface area is 74.8 Å². The minimum Gasteiger partial charge on any atom is -0.350 e. The number of hydrogen-bond donors (Lipinski definition) is 0. The van der Waals surface area contributed by atoms with Crippen molar-refractivity contribution in [2.75, 3.05) is 0 Å². The van der Waals surface area contributed by atoms with Crippen LogP contribution in [0.15, 0.2) is 18.3 Å². The fraction of sp³-hybridized carbons (Fsp3) is 0.167. The molecular weight excluding hydrogens is 202 g/mol. The van der Waals surface area contributed by atoms with E-state index in [2.05, 4.69) is 9.17 Å². The molecule has 0 fully saturated rings. The molecule has 0 spiro atoms. The number of hydrogen-bond acceptors (Lipinski definition) is 4. The maximum Gasteiger partial charge on any atom is 0.402 e. The van der Waals surface area contributed by atoms with E-state index in [1.807, 2.05) is 6.92 Å². The smallest absolute Gasteiger partial charge is 0.350 e. The summed E-state index contributed by atoms with van der Waals surface area (Å²) in [4.78, 5) is 3.68. The second kappa shape index (κ2) is 3.28. The van der Waals surface area contributed by atoms with Gasteiger partial charge in [0, 0.05) is 12.3 Å². The lowest BCUT2D eigenvalue weighted by atomic mass is 10.3. The zero-order valence-corrected chi connectivity index (χ0v) is 7.76. The van der Waals surface area contributed by atoms with Crippen LogP contribution < -0.4 is 4.18 Å². The van der Waals surface area contributed by atoms with Gasteiger partial charge in [0.05, 0.1) is 10.7 Å². The van der Waals surface area contributed by atoms with Gasteiger partial charge in [0.2, 0.25) is 5.88 Å². The number of nitrogens with zero attached hydrogens (tertiary/aromatic N) is 1. The summed E-state index contributed by atoms with van der Waals surface area (Å²) in [6.45, 7) is 1.83. The minimum absolute atomic E-state index is 0.0319. The van der Waals surface area contributed by atoms with Crippen molar-refractivity contribution in [2.45, 2.75) is 6.92 Å². The predicted octanol–water partition coefficient (Wildman–Crippen LogP) is 1.25. The number of aromatic nitrogens is 1. The topological polar surface area (TPSA) is 56.3 Å². The van der Waals surface area contributed by atoms with Crippen LogP contribution in [0.4, 0.5) is 0 Å². The van der Waals surface area contributed by atoms with E-state index < -0.39 is 9.33 Å². The first-order valence-corrected chi connectivity index (χ1v) is 5.27. The molecule has 0 saturated heterocycles. The molecule has 1 aromatic rings. The predicted molar refractivity (Wildman–Crippen MR) is 44.4 cm³/mol. The highest BCUT2D eigenvalue weighted by atomic mass is 35.7. The molecule has 0 aromatic carbocycles. The Bertz CT molecular complexity index is 359. The van der Waals surface area contributed by atoms with Crippen LogP contribution in [0.5, 0.6) is 5.88 Å². The Morgan fingerprint density at radius 3 is 2.58 bits per heavy atom. The van der Waals surface area contributed by atoms with E-state index in [1.165, 1.54) is 12.3 Å². The molecule has 6 heteroatoms. The third kappa shape index (κ3) is 3.06. The molecule has 0 N–H and O–H groups in total. The molecular formula is C6H6ClNO3S. The Morgan fingerprint density at radius 2 is 2.17 bits per heavy atom. The fourth-order valence-electron chi connectivity index (χ4n) is 0.606. The molecule has 12 heavy (non-hydrogen) atoms. The summed E-state index contributed by atoms with van der Waals surface area (Å²) in [5.74, 6) is -0.0319. The van der Waals surface area contributed by atoms with Crippen molar-refractivity contribution in [1.82, 2.24) is 4.98 Å². The number of halogens is 1. The van der Waals surface area contributed by atoms with E-state index in [-0.39, 0.29) is 5.88 Å². The average molecular weight is 208 g/mol. The molecule has 0 aliphatic carbocycles. The molecule has 4 nitrogen and oxygen atoms in total. The summed E-state index contributed by atoms with van der Waals surface area (Å²) in [6, 6.07) is 3.10. The number of aryl methyl sites for hydroxylation is 1. The maximum absolute atomic E-state index is 10.4. The van der Waals surface area contributed by atoms with Gasteiger partial charge in [-0.1, -0.05) is 6.07 Å². The van der Waals surface area contributed by atoms with Gasteiger partial charge in [-0.05, 0) is 12.5 Å². The molecule has 0 aliphatic rings. The SMILES string of the molecule is Cc1ccc(OS(=O)(=O)Cl)nc1. The van der Waals surface area contributed by atoms with Crippen molar-refractivity contribution in [3.8, 4) is 5.88 Å². The monoisotopic (exact) mass is 207 g/mol. The highest BCUT2D eigenvalue weighted by Gasteiger charge is 2.06. The summed E-state index contributed by atoms with van der Waals surface area (Å²) >= 11 is 0. The van der Waals surface area contributed by atoms with Crippen LogP contribution in [-0.2, 0) is 9.33 Å². The fourth-order valence-corrected chi connectivity index (χ4v) is 1.10. The van der Waals surface area contributed by atoms with Gasteiger partial charge in [0.25, 0.3) is 0 Å². The lowest BCUT2D eigenvalue weighted by Crippen LogP contribution is -2.01. The Hall–Kier alpha value is -0.810. The Morgan fingerprint density at radius 1 is 1.50 bits per heavy atom. The molecule has 0 atom stereocenters. The summed E-state index contributed by atoms with van der Waals surface area (Å²) < 4.78 is 25.1. The molecule has 1 aromatic heterocycles. The van der Waals surface area contributed by atoms with Crippen molar-refractivity contribution in [1.29, 1.82) is 0 Å². The molecule has 0 saturated carbocycles. The highest BCUT2D eigenvalue weighted by molar-refractivity contribution is 8.10. The molecule has 0 amide bonds. The maximum atomic E-state index is 10.4. The zero-order chi connectivity index (χ0) is 9.19. The summed E-state index contributed by atoms with van der Waals surface area (Å²) in [7, 11) is 0.837. The Kier molecular flexibility index (Phi) is 2.54. The van der Waals surface area contributed by atoms with Crippen molar-refractivity contribution in [2.24, 2.45) is 0 Å². The van der Waals surface area contributed by atoms with E-state index in [1.54, 1.807) is 6.07 Å². The van der Waals surface area contributed by atoms with Crippen LogP contribution in [-0.4, -0.2) is 13.4 Å². The second-order valence-electron chi connectivity index (χ2n) is 2.15. The van der Waals surface area contributed by atoms with Gasteiger partial charge in [-0.15, -0.1) is 0 Å². The summed E-state index contributed by atoms with van der Waals surface area (Å²) in [5, 5.41) is 0. The zero-order valence-electron chi connectivity index (χ0n) is 6.19. The highest BCUT2D eigenvalue weighted by Crippen LogP contribution is 2.11. The first-order chi connectivity index (χ1) is 5.47. The molecule has 0 aliphatic heterocycles. The van der Waals surface area contributed by atoms with Crippen LogP contribution in [0, 0.1) is 6.92 Å². The van der Waals surface area contributed by atoms with Crippen LogP contribution in [0.3, 0.4) is 0 Å². The van der Waals surface area contributed by atoms with Crippen molar-refractivity contribution >= 4 is 20.0 Å². The molecule has 1 rings (SSSR count). The van der Waals surface area contributed by atoms with Gasteiger partial charge >= 0.3 is 9.33 Å². The first-order valence-electron chi connectivity index (χ1n) is 3.04. The van der Waals surface area contributed by atoms with Crippen LogP contribution >= 0.6 is 10.7 Å². The van der Waals surface area contributed by atoms with E-state index in [4.69, 9.17) is 10.7 Å². The van der Waals surface area contributed by atoms with Crippen molar-refractivity contribution in [3.05, 3.63) is 23.9 Å². The quantitative estimate of drug-likeness (QED) is 0.685. The van der Waals surface area contributed by atoms with Gasteiger partial charge in [0.1, 0.15) is 0 Å². The normalized spacial score (nSPS) is 11.2. The van der Waals surface area contributed by atoms with E-state index in [9.17, 15) is 8.42 Å². The second-order valence-corrected chi connectivity index (χ2v) is 4.24. The van der Waals surface area contributed by atoms with E-state index in [0.717, 1.165) is 5.56 Å². The molecule has 0 unspecified atom stereocenters. The van der Waals surface area contributed by atoms with Gasteiger partial charge in [-0.25, -0.2) is 4.98 Å². The van der Waals surface area contributed by atoms with Crippen LogP contribution in [0.25, 0.3) is 0 Å². The minimum atomic E-state index is -3.98. The molecule has 0 radical (unpaired) electrons. The lowest BCUT2D eigenvalue weighted by Gasteiger charge is -1.98. The summed E-state index contributed by atoms with van der Waals surface area (Å²) in [5.41, 5.74) is 0.911. The lowest BCUT2D eigenvalue weighted by molar-refractivity contribution is 0.492. The number of pyridine rings is 1. The van der Waals surface area contributed by atoms with Gasteiger partial charge < -0.3 is 4.18 Å². The van der Waals surface area contributed by atoms with E-state index >= 15 is 0 Å². The third-order valence-corrected chi connectivity index (χ3v) is 1.63. The van der Waals surface area contributed by atoms with Gasteiger partial charge in [-0.3, -0.25) is 0 Å². The van der Waals surface area contributed by atoms with Crippen molar-refractivity contribution in [3.63, 3.8) is 0 Å². The standard InChI is InChI=1S/C6H6ClNO3S/c1-5-2-3-6(8-4-5)11-12(7,9)10/h2-4H,1H3. The number of rotatable bonds is 2. The van der Waals surface area contributed by atoms with Crippen molar-refractivity contribution < 1.29 is 12.6 Å².